The summed E-state index contributed by atoms with van der Waals surface area (Å²) in [7, 11) is 3.01. The number of carbonyl (C=O) groups is 2. The standard InChI is InChI=1S/C33H46O9.Ac/c1-17(20-12-10-9-11-13-20)25(34)29(36)42-21-15-33(38)19(3)27-31(6,22(39-7)14-23-32(27,37)16-41-23)28(35)26(40-8)24(18(21)2)30(33,4)5;/h9-13,17,19,21-23,25-27,34,37-38H,14-16H2,1-8H3;. The third-order valence-electron chi connectivity index (χ3n) is 11.6. The third kappa shape index (κ3) is 4.97. The molecular formula is C33H46AcO9. The van der Waals surface area contributed by atoms with Crippen LogP contribution in [-0.2, 0) is 28.5 Å². The average molecular weight is 814 g/mol. The van der Waals surface area contributed by atoms with Gasteiger partial charge in [0.1, 0.15) is 17.8 Å². The molecule has 11 unspecified atom stereocenters. The molecule has 0 aromatic heterocycles. The van der Waals surface area contributed by atoms with Gasteiger partial charge in [0.2, 0.25) is 0 Å². The zero-order valence-corrected chi connectivity index (χ0v) is 31.2. The monoisotopic (exact) mass is 813 g/mol. The van der Waals surface area contributed by atoms with Crippen LogP contribution in [0.1, 0.15) is 65.9 Å². The Labute approximate surface area is 290 Å². The molecule has 43 heavy (non-hydrogen) atoms. The number of Topliss-reactive ketones (excluding diaryl/α,β-unsaturated/α-hetero) is 1. The summed E-state index contributed by atoms with van der Waals surface area (Å²) in [5.74, 6) is -2.97. The Morgan fingerprint density at radius 1 is 1.09 bits per heavy atom. The van der Waals surface area contributed by atoms with Crippen molar-refractivity contribution in [3.8, 4) is 0 Å². The molecule has 2 bridgehead atoms. The van der Waals surface area contributed by atoms with Crippen LogP contribution in [0.2, 0.25) is 0 Å². The van der Waals surface area contributed by atoms with Crippen molar-refractivity contribution in [2.24, 2.45) is 22.7 Å². The zero-order valence-electron chi connectivity index (χ0n) is 26.5. The van der Waals surface area contributed by atoms with E-state index in [9.17, 15) is 24.9 Å². The number of ketones is 1. The summed E-state index contributed by atoms with van der Waals surface area (Å²) in [5, 5.41) is 35.9. The van der Waals surface area contributed by atoms with Crippen LogP contribution >= 0.6 is 0 Å². The largest absolute Gasteiger partial charge is 0.456 e. The molecule has 235 valence electrons. The van der Waals surface area contributed by atoms with E-state index in [1.54, 1.807) is 21.0 Å². The van der Waals surface area contributed by atoms with E-state index in [0.717, 1.165) is 5.56 Å². The van der Waals surface area contributed by atoms with E-state index in [2.05, 4.69) is 0 Å². The predicted octanol–water partition coefficient (Wildman–Crippen LogP) is 2.95. The molecule has 1 heterocycles. The van der Waals surface area contributed by atoms with Crippen LogP contribution in [0, 0.1) is 66.7 Å². The second kappa shape index (κ2) is 12.2. The summed E-state index contributed by atoms with van der Waals surface area (Å²) in [6, 6.07) is 9.22. The maximum atomic E-state index is 14.7. The number of hydrogen-bond donors (Lipinski definition) is 3. The van der Waals surface area contributed by atoms with Crippen LogP contribution in [0.15, 0.2) is 41.5 Å². The minimum atomic E-state index is -1.54. The van der Waals surface area contributed by atoms with Crippen molar-refractivity contribution in [1.29, 1.82) is 0 Å². The van der Waals surface area contributed by atoms with Crippen molar-refractivity contribution in [3.05, 3.63) is 47.0 Å². The number of benzene rings is 1. The van der Waals surface area contributed by atoms with Gasteiger partial charge in [-0.15, -0.1) is 0 Å². The van der Waals surface area contributed by atoms with E-state index in [1.165, 1.54) is 7.11 Å². The quantitative estimate of drug-likeness (QED) is 0.293. The minimum Gasteiger partial charge on any atom is -0.456 e. The van der Waals surface area contributed by atoms with Crippen LogP contribution in [0.5, 0.6) is 0 Å². The van der Waals surface area contributed by atoms with Gasteiger partial charge in [-0.05, 0) is 36.5 Å². The van der Waals surface area contributed by atoms with E-state index >= 15 is 0 Å². The van der Waals surface area contributed by atoms with E-state index in [4.69, 9.17) is 18.9 Å². The molecule has 10 heteroatoms. The first kappa shape index (κ1) is 35.2. The summed E-state index contributed by atoms with van der Waals surface area (Å²) in [4.78, 5) is 28.1. The first-order valence-corrected chi connectivity index (χ1v) is 14.9. The van der Waals surface area contributed by atoms with Crippen molar-refractivity contribution in [3.63, 3.8) is 0 Å². The number of fused-ring (bicyclic) bond motifs is 5. The molecule has 3 N–H and O–H groups in total. The molecule has 1 radical (unpaired) electrons. The molecule has 11 atom stereocenters. The van der Waals surface area contributed by atoms with E-state index < -0.39 is 76.3 Å². The number of methoxy groups -OCH3 is 2. The van der Waals surface area contributed by atoms with Gasteiger partial charge >= 0.3 is 5.97 Å². The number of hydrogen-bond acceptors (Lipinski definition) is 9. The molecule has 0 spiro atoms. The Kier molecular flexibility index (Phi) is 9.94. The van der Waals surface area contributed by atoms with Gasteiger partial charge in [0.05, 0.1) is 29.8 Å². The molecule has 1 aromatic rings. The van der Waals surface area contributed by atoms with Crippen molar-refractivity contribution in [2.45, 2.75) is 102 Å². The second-order valence-corrected chi connectivity index (χ2v) is 13.7. The Bertz CT molecular complexity index is 1270. The molecule has 1 aromatic carbocycles. The van der Waals surface area contributed by atoms with Crippen LogP contribution in [-0.4, -0.2) is 89.6 Å². The summed E-state index contributed by atoms with van der Waals surface area (Å²) >= 11 is 0. The molecule has 0 amide bonds. The minimum absolute atomic E-state index is 0. The van der Waals surface area contributed by atoms with Crippen molar-refractivity contribution < 1.29 is 87.9 Å². The number of carbonyl (C=O) groups excluding carboxylic acids is 2. The molecule has 5 rings (SSSR count). The number of aliphatic hydroxyl groups excluding tert-OH is 1. The van der Waals surface area contributed by atoms with Gasteiger partial charge < -0.3 is 34.3 Å². The SMILES string of the molecule is COC1C(=O)C2(C)C(OC)CC3OCC3(O)C2C(C)C2(O)CC(OC(=O)C(O)C(C)c3ccccc3)C(C)=C1C2(C)C.[Ac]. The van der Waals surface area contributed by atoms with Gasteiger partial charge in [-0.3, -0.25) is 4.79 Å². The van der Waals surface area contributed by atoms with Crippen LogP contribution in [0.25, 0.3) is 0 Å². The summed E-state index contributed by atoms with van der Waals surface area (Å²) in [6.45, 7) is 11.0. The molecule has 3 fully saturated rings. The van der Waals surface area contributed by atoms with Gasteiger partial charge in [-0.25, -0.2) is 4.79 Å². The van der Waals surface area contributed by atoms with E-state index in [-0.39, 0.29) is 62.9 Å². The Hall–Kier alpha value is -0.698. The fourth-order valence-corrected chi connectivity index (χ4v) is 8.98. The van der Waals surface area contributed by atoms with Crippen molar-refractivity contribution in [2.75, 3.05) is 20.8 Å². The van der Waals surface area contributed by atoms with Gasteiger partial charge in [-0.2, -0.15) is 0 Å². The van der Waals surface area contributed by atoms with E-state index in [1.807, 2.05) is 58.0 Å². The number of ether oxygens (including phenoxy) is 4. The Morgan fingerprint density at radius 3 is 2.26 bits per heavy atom. The molecule has 3 aliphatic carbocycles. The predicted molar refractivity (Wildman–Crippen MR) is 153 cm³/mol. The Balaban J connectivity index is 0.00000423. The molecule has 4 aliphatic rings. The van der Waals surface area contributed by atoms with Gasteiger partial charge in [-0.1, -0.05) is 58.0 Å². The molecular weight excluding hydrogens is 767 g/mol. The number of aliphatic hydroxyl groups is 3. The number of esters is 1. The van der Waals surface area contributed by atoms with Crippen LogP contribution in [0.3, 0.4) is 0 Å². The second-order valence-electron chi connectivity index (χ2n) is 13.7. The fourth-order valence-electron chi connectivity index (χ4n) is 8.98. The maximum absolute atomic E-state index is 14.7. The smallest absolute Gasteiger partial charge is 0.336 e. The Morgan fingerprint density at radius 2 is 1.72 bits per heavy atom. The van der Waals surface area contributed by atoms with Crippen molar-refractivity contribution >= 4 is 11.8 Å². The van der Waals surface area contributed by atoms with Gasteiger partial charge in [0, 0.05) is 88.4 Å². The molecule has 2 saturated carbocycles. The van der Waals surface area contributed by atoms with Crippen LogP contribution in [0.4, 0.5) is 0 Å². The normalized spacial score (nSPS) is 41.3. The van der Waals surface area contributed by atoms with Gasteiger partial charge in [0.15, 0.2) is 11.9 Å². The van der Waals surface area contributed by atoms with Crippen molar-refractivity contribution in [1.82, 2.24) is 0 Å². The number of rotatable bonds is 6. The van der Waals surface area contributed by atoms with E-state index in [0.29, 0.717) is 17.6 Å². The average Bonchev–Trinajstić information content (AvgIpc) is 2.96. The maximum Gasteiger partial charge on any atom is 0.336 e. The summed E-state index contributed by atoms with van der Waals surface area (Å²) in [5.41, 5.74) is -3.15. The van der Waals surface area contributed by atoms with Gasteiger partial charge in [0.25, 0.3) is 0 Å². The fraction of sp³-hybridized carbons (Fsp3) is 0.697. The first-order chi connectivity index (χ1) is 19.6. The summed E-state index contributed by atoms with van der Waals surface area (Å²) < 4.78 is 23.6. The van der Waals surface area contributed by atoms with Crippen LogP contribution < -0.4 is 0 Å². The topological polar surface area (TPSA) is 132 Å². The third-order valence-corrected chi connectivity index (χ3v) is 11.6. The molecule has 1 aliphatic heterocycles. The summed E-state index contributed by atoms with van der Waals surface area (Å²) in [6.07, 6.45) is -4.20. The molecule has 9 nitrogen and oxygen atoms in total. The molecule has 1 saturated heterocycles. The first-order valence-electron chi connectivity index (χ1n) is 14.9. The zero-order chi connectivity index (χ0) is 31.0.